The highest BCUT2D eigenvalue weighted by Crippen LogP contribution is 2.34. The first-order valence-electron chi connectivity index (χ1n) is 11.3. The third-order valence-corrected chi connectivity index (χ3v) is 5.77. The summed E-state index contributed by atoms with van der Waals surface area (Å²) in [6.45, 7) is 6.16. The molecule has 13 nitrogen and oxygen atoms in total. The molecule has 0 spiro atoms. The molecule has 0 saturated heterocycles. The molecule has 3 rings (SSSR count). The van der Waals surface area contributed by atoms with Crippen molar-refractivity contribution in [2.24, 2.45) is 0 Å². The Morgan fingerprint density at radius 1 is 1.17 bits per heavy atom. The topological polar surface area (TPSA) is 156 Å². The predicted molar refractivity (Wildman–Crippen MR) is 135 cm³/mol. The predicted octanol–water partition coefficient (Wildman–Crippen LogP) is 2.74. The fourth-order valence-electron chi connectivity index (χ4n) is 3.39. The van der Waals surface area contributed by atoms with Crippen molar-refractivity contribution in [2.75, 3.05) is 51.6 Å². The van der Waals surface area contributed by atoms with Crippen molar-refractivity contribution in [1.29, 1.82) is 0 Å². The number of nitrogens with one attached hydrogen (secondary N) is 2. The molecule has 2 N–H and O–H groups in total. The minimum Gasteiger partial charge on any atom is -0.493 e. The van der Waals surface area contributed by atoms with E-state index in [-0.39, 0.29) is 29.3 Å². The molecule has 0 bridgehead atoms. The molecule has 2 aromatic heterocycles. The summed E-state index contributed by atoms with van der Waals surface area (Å²) >= 11 is 1.51. The molecule has 3 aromatic rings. The summed E-state index contributed by atoms with van der Waals surface area (Å²) in [5.41, 5.74) is 0.102. The Hall–Kier alpha value is -3.65. The van der Waals surface area contributed by atoms with Crippen molar-refractivity contribution in [3.8, 4) is 11.5 Å². The number of carbonyl (C=O) groups excluding carboxylic acids is 1. The zero-order valence-electron chi connectivity index (χ0n) is 20.6. The number of nitro benzene ring substituents is 1. The molecule has 2 heterocycles. The number of amides is 1. The van der Waals surface area contributed by atoms with Crippen molar-refractivity contribution >= 4 is 40.2 Å². The van der Waals surface area contributed by atoms with Gasteiger partial charge in [-0.2, -0.15) is 5.10 Å². The average Bonchev–Trinajstić information content (AvgIpc) is 3.28. The van der Waals surface area contributed by atoms with Crippen LogP contribution >= 0.6 is 11.8 Å². The van der Waals surface area contributed by atoms with E-state index >= 15 is 0 Å². The van der Waals surface area contributed by atoms with Crippen LogP contribution in [0.4, 0.5) is 11.5 Å². The van der Waals surface area contributed by atoms with Gasteiger partial charge in [-0.15, -0.1) is 0 Å². The van der Waals surface area contributed by atoms with Crippen molar-refractivity contribution in [3.05, 3.63) is 34.0 Å². The van der Waals surface area contributed by atoms with Gasteiger partial charge in [0.2, 0.25) is 0 Å². The minimum atomic E-state index is -0.637. The van der Waals surface area contributed by atoms with Crippen LogP contribution in [0, 0.1) is 10.1 Å². The molecule has 36 heavy (non-hydrogen) atoms. The molecule has 0 radical (unpaired) electrons. The maximum absolute atomic E-state index is 12.8. The van der Waals surface area contributed by atoms with Crippen molar-refractivity contribution < 1.29 is 23.9 Å². The number of nitrogens with zero attached hydrogens (tertiary/aromatic N) is 5. The Morgan fingerprint density at radius 2 is 1.92 bits per heavy atom. The zero-order chi connectivity index (χ0) is 26.1. The van der Waals surface area contributed by atoms with E-state index in [0.29, 0.717) is 42.9 Å². The highest BCUT2D eigenvalue weighted by molar-refractivity contribution is 7.99. The Labute approximate surface area is 212 Å². The number of thioether (sulfide) groups is 1. The zero-order valence-corrected chi connectivity index (χ0v) is 21.4. The highest BCUT2D eigenvalue weighted by atomic mass is 32.2. The largest absolute Gasteiger partial charge is 0.493 e. The smallest absolute Gasteiger partial charge is 0.286 e. The number of anilines is 1. The lowest BCUT2D eigenvalue weighted by Crippen LogP contribution is -2.28. The molecule has 14 heteroatoms. The van der Waals surface area contributed by atoms with Gasteiger partial charge in [0, 0.05) is 25.8 Å². The van der Waals surface area contributed by atoms with Gasteiger partial charge in [0.15, 0.2) is 22.3 Å². The first kappa shape index (κ1) is 26.9. The minimum absolute atomic E-state index is 0.132. The van der Waals surface area contributed by atoms with Gasteiger partial charge in [0.1, 0.15) is 11.4 Å². The third-order valence-electron chi connectivity index (χ3n) is 5.04. The SMILES string of the molecule is CCOCCNc1nc(SCC)nc2c1cnn2CCNC(=O)c1cc(OC)c(OC)cc1[N+](=O)[O-]. The van der Waals surface area contributed by atoms with E-state index in [1.165, 1.54) is 38.1 Å². The third kappa shape index (κ3) is 6.31. The molecule has 0 atom stereocenters. The molecule has 0 fully saturated rings. The molecular formula is C22H29N7O6S. The van der Waals surface area contributed by atoms with Gasteiger partial charge >= 0.3 is 0 Å². The lowest BCUT2D eigenvalue weighted by molar-refractivity contribution is -0.385. The standard InChI is InChI=1S/C22H29N7O6S/c1-5-35-10-8-23-19-15-13-25-28(20(15)27-22(26-19)36-6-2)9-7-24-21(30)14-11-17(33-3)18(34-4)12-16(14)29(31)32/h11-13H,5-10H2,1-4H3,(H,24,30)(H,23,26,27). The monoisotopic (exact) mass is 519 g/mol. The summed E-state index contributed by atoms with van der Waals surface area (Å²) in [6.07, 6.45) is 1.67. The Kier molecular flexibility index (Phi) is 9.64. The molecular weight excluding hydrogens is 490 g/mol. The van der Waals surface area contributed by atoms with E-state index in [0.717, 1.165) is 11.1 Å². The van der Waals surface area contributed by atoms with Crippen LogP contribution in [-0.2, 0) is 11.3 Å². The van der Waals surface area contributed by atoms with Crippen LogP contribution in [-0.4, -0.2) is 76.9 Å². The maximum atomic E-state index is 12.8. The van der Waals surface area contributed by atoms with Gasteiger partial charge in [-0.1, -0.05) is 18.7 Å². The highest BCUT2D eigenvalue weighted by Gasteiger charge is 2.24. The molecule has 194 valence electrons. The Bertz CT molecular complexity index is 1220. The second-order valence-electron chi connectivity index (χ2n) is 7.25. The summed E-state index contributed by atoms with van der Waals surface area (Å²) < 4.78 is 17.3. The Morgan fingerprint density at radius 3 is 2.58 bits per heavy atom. The number of hydrogen-bond donors (Lipinski definition) is 2. The van der Waals surface area contributed by atoms with E-state index in [9.17, 15) is 14.9 Å². The molecule has 0 saturated carbocycles. The van der Waals surface area contributed by atoms with Gasteiger partial charge in [-0.05, 0) is 12.7 Å². The lowest BCUT2D eigenvalue weighted by atomic mass is 10.1. The summed E-state index contributed by atoms with van der Waals surface area (Å²) in [5.74, 6) is 1.22. The summed E-state index contributed by atoms with van der Waals surface area (Å²) in [4.78, 5) is 32.9. The number of hydrogen-bond acceptors (Lipinski definition) is 11. The number of ether oxygens (including phenoxy) is 3. The second kappa shape index (κ2) is 12.9. The van der Waals surface area contributed by atoms with Crippen LogP contribution in [0.25, 0.3) is 11.0 Å². The van der Waals surface area contributed by atoms with Crippen LogP contribution in [0.2, 0.25) is 0 Å². The van der Waals surface area contributed by atoms with Crippen LogP contribution < -0.4 is 20.1 Å². The first-order chi connectivity index (χ1) is 17.4. The number of nitro groups is 1. The van der Waals surface area contributed by atoms with Gasteiger partial charge in [-0.3, -0.25) is 14.9 Å². The van der Waals surface area contributed by atoms with E-state index < -0.39 is 10.8 Å². The fraction of sp³-hybridized carbons (Fsp3) is 0.455. The molecule has 0 aliphatic carbocycles. The van der Waals surface area contributed by atoms with Crippen LogP contribution in [0.1, 0.15) is 24.2 Å². The van der Waals surface area contributed by atoms with E-state index in [1.807, 2.05) is 13.8 Å². The Balaban J connectivity index is 1.77. The van der Waals surface area contributed by atoms with E-state index in [1.54, 1.807) is 10.9 Å². The van der Waals surface area contributed by atoms with Gasteiger partial charge in [-0.25, -0.2) is 14.6 Å². The van der Waals surface area contributed by atoms with Crippen LogP contribution in [0.3, 0.4) is 0 Å². The second-order valence-corrected chi connectivity index (χ2v) is 8.49. The number of fused-ring (bicyclic) bond motifs is 1. The van der Waals surface area contributed by atoms with Gasteiger partial charge in [0.25, 0.3) is 11.6 Å². The average molecular weight is 520 g/mol. The van der Waals surface area contributed by atoms with Crippen LogP contribution in [0.5, 0.6) is 11.5 Å². The summed E-state index contributed by atoms with van der Waals surface area (Å²) in [6, 6.07) is 2.45. The number of rotatable bonds is 14. The van der Waals surface area contributed by atoms with Crippen molar-refractivity contribution in [2.45, 2.75) is 25.5 Å². The van der Waals surface area contributed by atoms with Crippen molar-refractivity contribution in [1.82, 2.24) is 25.1 Å². The first-order valence-corrected chi connectivity index (χ1v) is 12.3. The maximum Gasteiger partial charge on any atom is 0.286 e. The summed E-state index contributed by atoms with van der Waals surface area (Å²) in [7, 11) is 2.75. The summed E-state index contributed by atoms with van der Waals surface area (Å²) in [5, 5.41) is 23.2. The number of benzene rings is 1. The number of carbonyl (C=O) groups is 1. The van der Waals surface area contributed by atoms with Gasteiger partial charge in [0.05, 0.1) is 49.9 Å². The molecule has 0 unspecified atom stereocenters. The molecule has 1 aromatic carbocycles. The molecule has 1 amide bonds. The van der Waals surface area contributed by atoms with E-state index in [4.69, 9.17) is 14.2 Å². The normalized spacial score (nSPS) is 10.9. The van der Waals surface area contributed by atoms with Gasteiger partial charge < -0.3 is 24.8 Å². The molecule has 0 aliphatic rings. The lowest BCUT2D eigenvalue weighted by Gasteiger charge is -2.11. The molecule has 0 aliphatic heterocycles. The van der Waals surface area contributed by atoms with Crippen LogP contribution in [0.15, 0.2) is 23.5 Å². The number of methoxy groups -OCH3 is 2. The van der Waals surface area contributed by atoms with E-state index in [2.05, 4.69) is 25.7 Å². The quantitative estimate of drug-likeness (QED) is 0.106. The fourth-order valence-corrected chi connectivity index (χ4v) is 3.95. The number of aromatic nitrogens is 4. The van der Waals surface area contributed by atoms with Crippen molar-refractivity contribution in [3.63, 3.8) is 0 Å².